The van der Waals surface area contributed by atoms with Crippen LogP contribution in [0.2, 0.25) is 0 Å². The Morgan fingerprint density at radius 1 is 1.19 bits per heavy atom. The van der Waals surface area contributed by atoms with Crippen molar-refractivity contribution in [3.63, 3.8) is 0 Å². The SMILES string of the molecule is CC(C)CCCC(=O)C1(O)CCCCCC1. The highest BCUT2D eigenvalue weighted by molar-refractivity contribution is 5.86. The van der Waals surface area contributed by atoms with Gasteiger partial charge in [-0.15, -0.1) is 0 Å². The van der Waals surface area contributed by atoms with Crippen molar-refractivity contribution < 1.29 is 9.90 Å². The summed E-state index contributed by atoms with van der Waals surface area (Å²) >= 11 is 0. The van der Waals surface area contributed by atoms with E-state index >= 15 is 0 Å². The third-order valence-electron chi connectivity index (χ3n) is 3.64. The molecule has 0 spiro atoms. The maximum absolute atomic E-state index is 12.0. The summed E-state index contributed by atoms with van der Waals surface area (Å²) in [7, 11) is 0. The normalized spacial score (nSPS) is 20.8. The maximum atomic E-state index is 12.0. The van der Waals surface area contributed by atoms with Gasteiger partial charge in [0.2, 0.25) is 0 Å². The molecule has 0 bridgehead atoms. The van der Waals surface area contributed by atoms with Gasteiger partial charge in [0.05, 0.1) is 0 Å². The van der Waals surface area contributed by atoms with Crippen molar-refractivity contribution in [2.45, 2.75) is 77.2 Å². The first kappa shape index (κ1) is 13.7. The molecular weight excluding hydrogens is 200 g/mol. The molecule has 2 nitrogen and oxygen atoms in total. The Morgan fingerprint density at radius 3 is 2.25 bits per heavy atom. The van der Waals surface area contributed by atoms with Gasteiger partial charge >= 0.3 is 0 Å². The molecule has 0 heterocycles. The average molecular weight is 226 g/mol. The molecule has 16 heavy (non-hydrogen) atoms. The van der Waals surface area contributed by atoms with Crippen LogP contribution >= 0.6 is 0 Å². The first-order valence-corrected chi connectivity index (χ1v) is 6.80. The average Bonchev–Trinajstić information content (AvgIpc) is 2.43. The first-order chi connectivity index (χ1) is 7.54. The predicted octanol–water partition coefficient (Wildman–Crippen LogP) is 3.47. The van der Waals surface area contributed by atoms with Gasteiger partial charge in [-0.2, -0.15) is 0 Å². The molecule has 0 aliphatic heterocycles. The fraction of sp³-hybridized carbons (Fsp3) is 0.929. The molecule has 1 rings (SSSR count). The minimum atomic E-state index is -0.979. The van der Waals surface area contributed by atoms with E-state index in [0.717, 1.165) is 25.7 Å². The van der Waals surface area contributed by atoms with E-state index in [9.17, 15) is 9.90 Å². The van der Waals surface area contributed by atoms with E-state index in [0.29, 0.717) is 25.2 Å². The topological polar surface area (TPSA) is 37.3 Å². The summed E-state index contributed by atoms with van der Waals surface area (Å²) in [5, 5.41) is 10.3. The van der Waals surface area contributed by atoms with E-state index in [1.807, 2.05) is 0 Å². The zero-order chi connectivity index (χ0) is 12.0. The van der Waals surface area contributed by atoms with Gasteiger partial charge in [-0.25, -0.2) is 0 Å². The molecule has 1 aliphatic carbocycles. The summed E-state index contributed by atoms with van der Waals surface area (Å²) in [6.07, 6.45) is 8.30. The predicted molar refractivity (Wildman–Crippen MR) is 66.3 cm³/mol. The lowest BCUT2D eigenvalue weighted by Crippen LogP contribution is -2.37. The van der Waals surface area contributed by atoms with Gasteiger partial charge in [0, 0.05) is 6.42 Å². The van der Waals surface area contributed by atoms with E-state index in [-0.39, 0.29) is 5.78 Å². The Morgan fingerprint density at radius 2 is 1.75 bits per heavy atom. The van der Waals surface area contributed by atoms with E-state index < -0.39 is 5.60 Å². The van der Waals surface area contributed by atoms with Crippen LogP contribution in [0.4, 0.5) is 0 Å². The Kier molecular flexibility index (Phi) is 5.47. The van der Waals surface area contributed by atoms with Crippen LogP contribution in [0, 0.1) is 5.92 Å². The van der Waals surface area contributed by atoms with Crippen molar-refractivity contribution in [3.8, 4) is 0 Å². The lowest BCUT2D eigenvalue weighted by molar-refractivity contribution is -0.138. The summed E-state index contributed by atoms with van der Waals surface area (Å²) in [5.41, 5.74) is -0.979. The number of carbonyl (C=O) groups is 1. The summed E-state index contributed by atoms with van der Waals surface area (Å²) in [4.78, 5) is 12.0. The summed E-state index contributed by atoms with van der Waals surface area (Å²) < 4.78 is 0. The van der Waals surface area contributed by atoms with Gasteiger partial charge in [0.25, 0.3) is 0 Å². The second-order valence-electron chi connectivity index (χ2n) is 5.66. The molecule has 94 valence electrons. The second-order valence-corrected chi connectivity index (χ2v) is 5.66. The summed E-state index contributed by atoms with van der Waals surface area (Å²) in [6, 6.07) is 0. The lowest BCUT2D eigenvalue weighted by atomic mass is 9.87. The quantitative estimate of drug-likeness (QED) is 0.729. The zero-order valence-electron chi connectivity index (χ0n) is 10.8. The Labute approximate surface area is 99.4 Å². The van der Waals surface area contributed by atoms with E-state index in [4.69, 9.17) is 0 Å². The Bertz CT molecular complexity index is 213. The second kappa shape index (κ2) is 6.39. The molecule has 1 saturated carbocycles. The number of Topliss-reactive ketones (excluding diaryl/α,β-unsaturated/α-hetero) is 1. The van der Waals surface area contributed by atoms with Gasteiger partial charge in [-0.3, -0.25) is 4.79 Å². The van der Waals surface area contributed by atoms with Gasteiger partial charge in [-0.05, 0) is 25.2 Å². The van der Waals surface area contributed by atoms with Crippen LogP contribution in [-0.4, -0.2) is 16.5 Å². The van der Waals surface area contributed by atoms with Crippen molar-refractivity contribution in [2.24, 2.45) is 5.92 Å². The van der Waals surface area contributed by atoms with Crippen LogP contribution in [0.25, 0.3) is 0 Å². The van der Waals surface area contributed by atoms with Crippen LogP contribution in [0.3, 0.4) is 0 Å². The number of hydrogen-bond donors (Lipinski definition) is 1. The largest absolute Gasteiger partial charge is 0.382 e. The van der Waals surface area contributed by atoms with Crippen LogP contribution < -0.4 is 0 Å². The molecule has 2 heteroatoms. The Hall–Kier alpha value is -0.370. The van der Waals surface area contributed by atoms with E-state index in [2.05, 4.69) is 13.8 Å². The molecule has 0 aromatic rings. The number of hydrogen-bond acceptors (Lipinski definition) is 2. The minimum absolute atomic E-state index is 0.0926. The molecular formula is C14H26O2. The molecule has 0 aromatic carbocycles. The maximum Gasteiger partial charge on any atom is 0.164 e. The van der Waals surface area contributed by atoms with Gasteiger partial charge < -0.3 is 5.11 Å². The standard InChI is InChI=1S/C14H26O2/c1-12(2)8-7-9-13(15)14(16)10-5-3-4-6-11-14/h12,16H,3-11H2,1-2H3. The van der Waals surface area contributed by atoms with Crippen LogP contribution in [0.15, 0.2) is 0 Å². The third kappa shape index (κ3) is 4.25. The zero-order valence-corrected chi connectivity index (χ0v) is 10.8. The number of ketones is 1. The molecule has 0 atom stereocenters. The van der Waals surface area contributed by atoms with Gasteiger partial charge in [0.15, 0.2) is 5.78 Å². The third-order valence-corrected chi connectivity index (χ3v) is 3.64. The number of aliphatic hydroxyl groups is 1. The summed E-state index contributed by atoms with van der Waals surface area (Å²) in [5.74, 6) is 0.742. The Balaban J connectivity index is 2.37. The van der Waals surface area contributed by atoms with E-state index in [1.54, 1.807) is 0 Å². The van der Waals surface area contributed by atoms with Crippen LogP contribution in [0.1, 0.15) is 71.6 Å². The lowest BCUT2D eigenvalue weighted by Gasteiger charge is -2.25. The van der Waals surface area contributed by atoms with Crippen molar-refractivity contribution in [1.29, 1.82) is 0 Å². The molecule has 0 aromatic heterocycles. The highest BCUT2D eigenvalue weighted by atomic mass is 16.3. The molecule has 1 fully saturated rings. The van der Waals surface area contributed by atoms with Crippen LogP contribution in [-0.2, 0) is 4.79 Å². The molecule has 0 radical (unpaired) electrons. The molecule has 1 aliphatic rings. The van der Waals surface area contributed by atoms with Gasteiger partial charge in [-0.1, -0.05) is 46.0 Å². The number of carbonyl (C=O) groups excluding carboxylic acids is 1. The van der Waals surface area contributed by atoms with Crippen molar-refractivity contribution in [3.05, 3.63) is 0 Å². The fourth-order valence-electron chi connectivity index (χ4n) is 2.50. The number of rotatable bonds is 5. The highest BCUT2D eigenvalue weighted by Gasteiger charge is 2.34. The first-order valence-electron chi connectivity index (χ1n) is 6.80. The summed E-state index contributed by atoms with van der Waals surface area (Å²) in [6.45, 7) is 4.34. The van der Waals surface area contributed by atoms with E-state index in [1.165, 1.54) is 12.8 Å². The molecule has 0 unspecified atom stereocenters. The smallest absolute Gasteiger partial charge is 0.164 e. The van der Waals surface area contributed by atoms with Crippen LogP contribution in [0.5, 0.6) is 0 Å². The van der Waals surface area contributed by atoms with Crippen molar-refractivity contribution in [2.75, 3.05) is 0 Å². The fourth-order valence-corrected chi connectivity index (χ4v) is 2.50. The monoisotopic (exact) mass is 226 g/mol. The molecule has 1 N–H and O–H groups in total. The highest BCUT2D eigenvalue weighted by Crippen LogP contribution is 2.29. The molecule has 0 amide bonds. The van der Waals surface area contributed by atoms with Gasteiger partial charge in [0.1, 0.15) is 5.60 Å². The minimum Gasteiger partial charge on any atom is -0.382 e. The van der Waals surface area contributed by atoms with Crippen molar-refractivity contribution >= 4 is 5.78 Å². The molecule has 0 saturated heterocycles. The van der Waals surface area contributed by atoms with Crippen molar-refractivity contribution in [1.82, 2.24) is 0 Å².